The van der Waals surface area contributed by atoms with Gasteiger partial charge in [-0.05, 0) is 24.0 Å². The van der Waals surface area contributed by atoms with Crippen LogP contribution in [0.2, 0.25) is 0 Å². The van der Waals surface area contributed by atoms with Gasteiger partial charge in [-0.1, -0.05) is 37.6 Å². The van der Waals surface area contributed by atoms with Gasteiger partial charge in [0.15, 0.2) is 0 Å². The average molecular weight is 261 g/mol. The van der Waals surface area contributed by atoms with Crippen molar-refractivity contribution in [3.63, 3.8) is 0 Å². The van der Waals surface area contributed by atoms with E-state index in [1.807, 2.05) is 31.2 Å². The summed E-state index contributed by atoms with van der Waals surface area (Å²) >= 11 is 0. The van der Waals surface area contributed by atoms with E-state index in [0.29, 0.717) is 6.42 Å². The smallest absolute Gasteiger partial charge is 0.308 e. The number of aliphatic carboxylic acids is 1. The van der Waals surface area contributed by atoms with E-state index in [9.17, 15) is 9.59 Å². The summed E-state index contributed by atoms with van der Waals surface area (Å²) in [4.78, 5) is 23.0. The number of amides is 1. The van der Waals surface area contributed by atoms with Crippen molar-refractivity contribution in [2.24, 2.45) is 5.92 Å². The highest BCUT2D eigenvalue weighted by atomic mass is 16.4. The van der Waals surface area contributed by atoms with E-state index in [0.717, 1.165) is 18.4 Å². The topological polar surface area (TPSA) is 66.4 Å². The van der Waals surface area contributed by atoms with E-state index in [1.165, 1.54) is 5.56 Å². The van der Waals surface area contributed by atoms with Gasteiger partial charge < -0.3 is 10.4 Å². The van der Waals surface area contributed by atoms with Gasteiger partial charge in [-0.2, -0.15) is 0 Å². The molecule has 0 fully saturated rings. The third kappa shape index (κ3) is 2.95. The minimum Gasteiger partial charge on any atom is -0.481 e. The summed E-state index contributed by atoms with van der Waals surface area (Å²) in [5.74, 6) is -1.48. The number of benzene rings is 1. The lowest BCUT2D eigenvalue weighted by Gasteiger charge is -2.29. The minimum absolute atomic E-state index is 0.0546. The molecular formula is C15H19NO3. The number of nitrogens with one attached hydrogen (secondary N) is 1. The minimum atomic E-state index is -0.837. The Morgan fingerprint density at radius 2 is 2.16 bits per heavy atom. The van der Waals surface area contributed by atoms with Crippen LogP contribution in [0.15, 0.2) is 24.3 Å². The number of hydrogen-bond acceptors (Lipinski definition) is 2. The molecule has 0 aromatic heterocycles. The Labute approximate surface area is 112 Å². The molecule has 102 valence electrons. The Morgan fingerprint density at radius 1 is 1.42 bits per heavy atom. The quantitative estimate of drug-likeness (QED) is 0.822. The van der Waals surface area contributed by atoms with E-state index < -0.39 is 11.9 Å². The van der Waals surface area contributed by atoms with Gasteiger partial charge >= 0.3 is 5.97 Å². The van der Waals surface area contributed by atoms with Crippen LogP contribution in [0.3, 0.4) is 0 Å². The average Bonchev–Trinajstić information content (AvgIpc) is 2.35. The SMILES string of the molecule is CCCC(CNC(=O)C1Cc2ccccc21)C(=O)O. The fraction of sp³-hybridized carbons (Fsp3) is 0.467. The van der Waals surface area contributed by atoms with E-state index in [-0.39, 0.29) is 18.4 Å². The van der Waals surface area contributed by atoms with Crippen molar-refractivity contribution in [3.8, 4) is 0 Å². The molecule has 1 aliphatic carbocycles. The molecule has 1 amide bonds. The van der Waals surface area contributed by atoms with Crippen molar-refractivity contribution < 1.29 is 14.7 Å². The van der Waals surface area contributed by atoms with Crippen LogP contribution in [0.5, 0.6) is 0 Å². The summed E-state index contributed by atoms with van der Waals surface area (Å²) in [5.41, 5.74) is 2.29. The third-order valence-corrected chi connectivity index (χ3v) is 3.68. The van der Waals surface area contributed by atoms with Crippen LogP contribution >= 0.6 is 0 Å². The maximum Gasteiger partial charge on any atom is 0.308 e. The summed E-state index contributed by atoms with van der Waals surface area (Å²) in [5, 5.41) is 11.8. The Morgan fingerprint density at radius 3 is 2.79 bits per heavy atom. The van der Waals surface area contributed by atoms with Crippen molar-refractivity contribution in [2.75, 3.05) is 6.54 Å². The molecule has 1 aliphatic rings. The summed E-state index contributed by atoms with van der Waals surface area (Å²) in [6, 6.07) is 7.88. The zero-order valence-electron chi connectivity index (χ0n) is 11.1. The van der Waals surface area contributed by atoms with Gasteiger partial charge in [0, 0.05) is 6.54 Å². The highest BCUT2D eigenvalue weighted by molar-refractivity contribution is 5.87. The molecule has 0 saturated heterocycles. The molecule has 0 heterocycles. The summed E-state index contributed by atoms with van der Waals surface area (Å²) in [6.07, 6.45) is 2.16. The van der Waals surface area contributed by atoms with Crippen LogP contribution in [0.1, 0.15) is 36.8 Å². The molecule has 19 heavy (non-hydrogen) atoms. The van der Waals surface area contributed by atoms with Crippen molar-refractivity contribution >= 4 is 11.9 Å². The van der Waals surface area contributed by atoms with Crippen molar-refractivity contribution in [1.29, 1.82) is 0 Å². The second-order valence-electron chi connectivity index (χ2n) is 5.02. The first-order chi connectivity index (χ1) is 9.13. The molecule has 0 aliphatic heterocycles. The van der Waals surface area contributed by atoms with Gasteiger partial charge in [0.05, 0.1) is 11.8 Å². The van der Waals surface area contributed by atoms with Gasteiger partial charge in [-0.15, -0.1) is 0 Å². The van der Waals surface area contributed by atoms with Crippen molar-refractivity contribution in [3.05, 3.63) is 35.4 Å². The van der Waals surface area contributed by atoms with Crippen LogP contribution in [-0.2, 0) is 16.0 Å². The molecule has 2 rings (SSSR count). The third-order valence-electron chi connectivity index (χ3n) is 3.68. The lowest BCUT2D eigenvalue weighted by Crippen LogP contribution is -2.39. The first-order valence-electron chi connectivity index (χ1n) is 6.71. The lowest BCUT2D eigenvalue weighted by molar-refractivity contribution is -0.142. The summed E-state index contributed by atoms with van der Waals surface area (Å²) in [7, 11) is 0. The number of carboxylic acid groups (broad SMARTS) is 1. The Hall–Kier alpha value is -1.84. The highest BCUT2D eigenvalue weighted by Gasteiger charge is 2.32. The molecule has 0 bridgehead atoms. The molecule has 0 spiro atoms. The fourth-order valence-corrected chi connectivity index (χ4v) is 2.50. The first-order valence-corrected chi connectivity index (χ1v) is 6.71. The molecule has 2 atom stereocenters. The summed E-state index contributed by atoms with van der Waals surface area (Å²) in [6.45, 7) is 2.17. The molecule has 4 nitrogen and oxygen atoms in total. The van der Waals surface area contributed by atoms with Gasteiger partial charge in [-0.25, -0.2) is 0 Å². The zero-order chi connectivity index (χ0) is 13.8. The van der Waals surface area contributed by atoms with Crippen molar-refractivity contribution in [2.45, 2.75) is 32.1 Å². The zero-order valence-corrected chi connectivity index (χ0v) is 11.1. The second-order valence-corrected chi connectivity index (χ2v) is 5.02. The summed E-state index contributed by atoms with van der Waals surface area (Å²) < 4.78 is 0. The van der Waals surface area contributed by atoms with E-state index >= 15 is 0 Å². The normalized spacial score (nSPS) is 18.1. The van der Waals surface area contributed by atoms with Crippen LogP contribution in [-0.4, -0.2) is 23.5 Å². The highest BCUT2D eigenvalue weighted by Crippen LogP contribution is 2.34. The predicted octanol–water partition coefficient (Wildman–Crippen LogP) is 1.94. The van der Waals surface area contributed by atoms with E-state index in [2.05, 4.69) is 5.32 Å². The molecule has 4 heteroatoms. The molecule has 0 radical (unpaired) electrons. The Bertz CT molecular complexity index is 484. The van der Waals surface area contributed by atoms with Crippen LogP contribution in [0.25, 0.3) is 0 Å². The molecule has 2 unspecified atom stereocenters. The second kappa shape index (κ2) is 5.87. The Balaban J connectivity index is 1.88. The fourth-order valence-electron chi connectivity index (χ4n) is 2.50. The van der Waals surface area contributed by atoms with Gasteiger partial charge in [0.2, 0.25) is 5.91 Å². The van der Waals surface area contributed by atoms with Crippen LogP contribution in [0.4, 0.5) is 0 Å². The number of fused-ring (bicyclic) bond motifs is 1. The monoisotopic (exact) mass is 261 g/mol. The predicted molar refractivity (Wildman–Crippen MR) is 71.9 cm³/mol. The molecule has 1 aromatic carbocycles. The maximum atomic E-state index is 12.0. The molecular weight excluding hydrogens is 242 g/mol. The molecule has 2 N–H and O–H groups in total. The molecule has 0 saturated carbocycles. The van der Waals surface area contributed by atoms with Crippen LogP contribution < -0.4 is 5.32 Å². The van der Waals surface area contributed by atoms with E-state index in [4.69, 9.17) is 5.11 Å². The number of hydrogen-bond donors (Lipinski definition) is 2. The molecule has 1 aromatic rings. The van der Waals surface area contributed by atoms with Gasteiger partial charge in [-0.3, -0.25) is 9.59 Å². The lowest BCUT2D eigenvalue weighted by atomic mass is 9.77. The Kier molecular flexibility index (Phi) is 4.20. The standard InChI is InChI=1S/C15H19NO3/c1-2-5-11(15(18)19)9-16-14(17)13-8-10-6-3-4-7-12(10)13/h3-4,6-7,11,13H,2,5,8-9H2,1H3,(H,16,17)(H,18,19). The van der Waals surface area contributed by atoms with Gasteiger partial charge in [0.1, 0.15) is 0 Å². The number of rotatable bonds is 6. The van der Waals surface area contributed by atoms with E-state index in [1.54, 1.807) is 0 Å². The van der Waals surface area contributed by atoms with Gasteiger partial charge in [0.25, 0.3) is 0 Å². The largest absolute Gasteiger partial charge is 0.481 e. The number of carbonyl (C=O) groups excluding carboxylic acids is 1. The van der Waals surface area contributed by atoms with Crippen molar-refractivity contribution in [1.82, 2.24) is 5.32 Å². The number of carbonyl (C=O) groups is 2. The van der Waals surface area contributed by atoms with Crippen LogP contribution in [0, 0.1) is 5.92 Å². The first kappa shape index (κ1) is 13.6. The number of carboxylic acids is 1. The maximum absolute atomic E-state index is 12.0.